The largest absolute Gasteiger partial charge is 0.480 e. The van der Waals surface area contributed by atoms with E-state index in [9.17, 15) is 0 Å². The number of nitrogens with zero attached hydrogens (tertiary/aromatic N) is 5. The maximum Gasteiger partial charge on any atom is 0.319 e. The first-order chi connectivity index (χ1) is 13.6. The van der Waals surface area contributed by atoms with Gasteiger partial charge in [-0.3, -0.25) is 0 Å². The average Bonchev–Trinajstić information content (AvgIpc) is 3.54. The smallest absolute Gasteiger partial charge is 0.319 e. The molecule has 4 rings (SSSR count). The lowest BCUT2D eigenvalue weighted by Gasteiger charge is -2.09. The second-order valence-electron chi connectivity index (χ2n) is 6.44. The molecule has 1 fully saturated rings. The van der Waals surface area contributed by atoms with Gasteiger partial charge in [0.1, 0.15) is 5.69 Å². The van der Waals surface area contributed by atoms with Gasteiger partial charge in [-0.25, -0.2) is 4.98 Å². The van der Waals surface area contributed by atoms with Gasteiger partial charge in [0, 0.05) is 6.20 Å². The normalized spacial score (nSPS) is 17.6. The third kappa shape index (κ3) is 3.35. The zero-order valence-corrected chi connectivity index (χ0v) is 16.0. The van der Waals surface area contributed by atoms with Crippen molar-refractivity contribution in [2.45, 2.75) is 18.3 Å². The number of methoxy groups -OCH3 is 2. The molecule has 140 valence electrons. The summed E-state index contributed by atoms with van der Waals surface area (Å²) in [7, 11) is 3.02. The molecule has 7 nitrogen and oxygen atoms in total. The summed E-state index contributed by atoms with van der Waals surface area (Å²) in [6.45, 7) is 0. The van der Waals surface area contributed by atoms with Crippen LogP contribution in [0, 0.1) is 11.3 Å². The van der Waals surface area contributed by atoms with Gasteiger partial charge >= 0.3 is 6.01 Å². The van der Waals surface area contributed by atoms with Crippen LogP contribution in [0.1, 0.15) is 34.9 Å². The molecule has 0 bridgehead atoms. The van der Waals surface area contributed by atoms with Crippen LogP contribution >= 0.6 is 11.6 Å². The standard InChI is InChI=1S/C20H16ClN5O2/c1-27-19-16(10-23-20(24-19)28-2)17-8-15(18(21)26-25-17)14-7-13(14)12-5-3-11(9-22)4-6-12/h3-6,8,10,13-14H,7H2,1-2H3. The van der Waals surface area contributed by atoms with E-state index < -0.39 is 0 Å². The molecule has 3 aromatic rings. The van der Waals surface area contributed by atoms with Gasteiger partial charge in [0.2, 0.25) is 5.88 Å². The van der Waals surface area contributed by atoms with Crippen LogP contribution in [0.4, 0.5) is 0 Å². The molecule has 1 aliphatic rings. The molecule has 0 radical (unpaired) electrons. The van der Waals surface area contributed by atoms with Crippen molar-refractivity contribution in [3.63, 3.8) is 0 Å². The van der Waals surface area contributed by atoms with E-state index in [0.29, 0.717) is 33.8 Å². The summed E-state index contributed by atoms with van der Waals surface area (Å²) in [6, 6.07) is 11.9. The van der Waals surface area contributed by atoms with Gasteiger partial charge in [0.15, 0.2) is 5.15 Å². The second-order valence-corrected chi connectivity index (χ2v) is 6.80. The minimum Gasteiger partial charge on any atom is -0.480 e. The first-order valence-electron chi connectivity index (χ1n) is 8.63. The summed E-state index contributed by atoms with van der Waals surface area (Å²) in [6.07, 6.45) is 2.56. The fourth-order valence-corrected chi connectivity index (χ4v) is 3.51. The van der Waals surface area contributed by atoms with Gasteiger partial charge in [-0.15, -0.1) is 10.2 Å². The molecule has 0 spiro atoms. The number of hydrogen-bond donors (Lipinski definition) is 0. The Morgan fingerprint density at radius 2 is 1.89 bits per heavy atom. The second kappa shape index (κ2) is 7.41. The predicted molar refractivity (Wildman–Crippen MR) is 102 cm³/mol. The molecule has 2 heterocycles. The Morgan fingerprint density at radius 1 is 1.11 bits per heavy atom. The monoisotopic (exact) mass is 393 g/mol. The highest BCUT2D eigenvalue weighted by Gasteiger charge is 2.41. The molecule has 1 aliphatic carbocycles. The molecule has 2 unspecified atom stereocenters. The van der Waals surface area contributed by atoms with Crippen molar-refractivity contribution in [3.05, 3.63) is 58.4 Å². The molecule has 0 N–H and O–H groups in total. The van der Waals surface area contributed by atoms with Crippen molar-refractivity contribution in [1.29, 1.82) is 5.26 Å². The highest BCUT2D eigenvalue weighted by molar-refractivity contribution is 6.30. The summed E-state index contributed by atoms with van der Waals surface area (Å²) in [4.78, 5) is 8.33. The Kier molecular flexibility index (Phi) is 4.80. The SMILES string of the molecule is COc1ncc(-c2cc(C3CC3c3ccc(C#N)cc3)c(Cl)nn2)c(OC)n1. The summed E-state index contributed by atoms with van der Waals surface area (Å²) in [5.74, 6) is 0.949. The van der Waals surface area contributed by atoms with Gasteiger partial charge in [0.05, 0.1) is 31.4 Å². The molecule has 8 heteroatoms. The fourth-order valence-electron chi connectivity index (χ4n) is 3.28. The Hall–Kier alpha value is -3.24. The number of ether oxygens (including phenoxy) is 2. The third-order valence-electron chi connectivity index (χ3n) is 4.82. The minimum atomic E-state index is 0.214. The third-order valence-corrected chi connectivity index (χ3v) is 5.11. The van der Waals surface area contributed by atoms with Crippen LogP contribution in [0.2, 0.25) is 5.15 Å². The van der Waals surface area contributed by atoms with Crippen molar-refractivity contribution in [2.24, 2.45) is 0 Å². The van der Waals surface area contributed by atoms with Crippen LogP contribution in [0.3, 0.4) is 0 Å². The van der Waals surface area contributed by atoms with Crippen LogP contribution in [-0.4, -0.2) is 34.4 Å². The molecular weight excluding hydrogens is 378 g/mol. The predicted octanol–water partition coefficient (Wildman–Crippen LogP) is 3.75. The van der Waals surface area contributed by atoms with E-state index in [2.05, 4.69) is 26.2 Å². The van der Waals surface area contributed by atoms with Crippen LogP contribution in [0.15, 0.2) is 36.5 Å². The fraction of sp³-hybridized carbons (Fsp3) is 0.250. The summed E-state index contributed by atoms with van der Waals surface area (Å²) >= 11 is 6.34. The highest BCUT2D eigenvalue weighted by atomic mass is 35.5. The molecule has 0 amide bonds. The number of rotatable bonds is 5. The van der Waals surface area contributed by atoms with Crippen LogP contribution in [0.5, 0.6) is 11.9 Å². The van der Waals surface area contributed by atoms with Crippen molar-refractivity contribution >= 4 is 11.6 Å². The molecule has 0 aliphatic heterocycles. The lowest BCUT2D eigenvalue weighted by Crippen LogP contribution is -2.00. The van der Waals surface area contributed by atoms with Crippen molar-refractivity contribution in [3.8, 4) is 29.2 Å². The highest BCUT2D eigenvalue weighted by Crippen LogP contribution is 2.56. The Labute approximate surface area is 166 Å². The molecule has 0 saturated heterocycles. The van der Waals surface area contributed by atoms with Crippen LogP contribution < -0.4 is 9.47 Å². The van der Waals surface area contributed by atoms with Gasteiger partial charge < -0.3 is 9.47 Å². The van der Waals surface area contributed by atoms with Crippen LogP contribution in [0.25, 0.3) is 11.3 Å². The summed E-state index contributed by atoms with van der Waals surface area (Å²) in [5.41, 5.74) is 3.97. The zero-order valence-electron chi connectivity index (χ0n) is 15.3. The molecule has 1 saturated carbocycles. The number of hydrogen-bond acceptors (Lipinski definition) is 7. The van der Waals surface area contributed by atoms with E-state index in [-0.39, 0.29) is 11.9 Å². The molecule has 28 heavy (non-hydrogen) atoms. The maximum atomic E-state index is 8.95. The Balaban J connectivity index is 1.65. The quantitative estimate of drug-likeness (QED) is 0.651. The maximum absolute atomic E-state index is 8.95. The van der Waals surface area contributed by atoms with Crippen molar-refractivity contribution < 1.29 is 9.47 Å². The first kappa shape index (κ1) is 18.1. The number of nitriles is 1. The van der Waals surface area contributed by atoms with E-state index in [1.54, 1.807) is 6.20 Å². The van der Waals surface area contributed by atoms with Gasteiger partial charge in [0.25, 0.3) is 0 Å². The zero-order chi connectivity index (χ0) is 19.7. The van der Waals surface area contributed by atoms with E-state index in [1.807, 2.05) is 30.3 Å². The number of aromatic nitrogens is 4. The molecule has 2 atom stereocenters. The molecular formula is C20H16ClN5O2. The lowest BCUT2D eigenvalue weighted by molar-refractivity contribution is 0.353. The van der Waals surface area contributed by atoms with Gasteiger partial charge in [-0.1, -0.05) is 23.7 Å². The first-order valence-corrected chi connectivity index (χ1v) is 9.01. The number of halogens is 1. The topological polar surface area (TPSA) is 93.8 Å². The average molecular weight is 394 g/mol. The van der Waals surface area contributed by atoms with Crippen molar-refractivity contribution in [2.75, 3.05) is 14.2 Å². The Bertz CT molecular complexity index is 1070. The van der Waals surface area contributed by atoms with Gasteiger partial charge in [-0.05, 0) is 47.6 Å². The minimum absolute atomic E-state index is 0.214. The Morgan fingerprint density at radius 3 is 2.57 bits per heavy atom. The van der Waals surface area contributed by atoms with Crippen molar-refractivity contribution in [1.82, 2.24) is 20.2 Å². The van der Waals surface area contributed by atoms with E-state index >= 15 is 0 Å². The van der Waals surface area contributed by atoms with E-state index in [0.717, 1.165) is 12.0 Å². The van der Waals surface area contributed by atoms with Gasteiger partial charge in [-0.2, -0.15) is 10.2 Å². The lowest BCUT2D eigenvalue weighted by atomic mass is 10.0. The summed E-state index contributed by atoms with van der Waals surface area (Å²) < 4.78 is 10.4. The van der Waals surface area contributed by atoms with Crippen LogP contribution in [-0.2, 0) is 0 Å². The number of benzene rings is 1. The van der Waals surface area contributed by atoms with E-state index in [4.69, 9.17) is 26.3 Å². The van der Waals surface area contributed by atoms with E-state index in [1.165, 1.54) is 19.8 Å². The molecule has 1 aromatic carbocycles. The molecule has 2 aromatic heterocycles. The summed E-state index contributed by atoms with van der Waals surface area (Å²) in [5, 5.41) is 17.6.